The maximum atomic E-state index is 6.13. The standard InChI is InChI=1S/C18H24N2O/c1-3-5-7-14-10-12-15(13-11-14)20-16-8-6-9-17(18(16)19)21-4-2/h6,8-13,20H,3-5,7,19H2,1-2H3. The molecular weight excluding hydrogens is 260 g/mol. The summed E-state index contributed by atoms with van der Waals surface area (Å²) in [7, 11) is 0. The summed E-state index contributed by atoms with van der Waals surface area (Å²) in [5.41, 5.74) is 10.1. The first-order chi connectivity index (χ1) is 10.2. The Morgan fingerprint density at radius 2 is 1.81 bits per heavy atom. The molecule has 0 aliphatic rings. The highest BCUT2D eigenvalue weighted by Crippen LogP contribution is 2.31. The molecule has 0 radical (unpaired) electrons. The Labute approximate surface area is 127 Å². The van der Waals surface area contributed by atoms with E-state index in [1.807, 2.05) is 25.1 Å². The quantitative estimate of drug-likeness (QED) is 0.721. The van der Waals surface area contributed by atoms with E-state index in [0.717, 1.165) is 23.5 Å². The molecule has 2 aromatic carbocycles. The smallest absolute Gasteiger partial charge is 0.144 e. The molecule has 2 aromatic rings. The number of ether oxygens (including phenoxy) is 1. The number of unbranched alkanes of at least 4 members (excludes halogenated alkanes) is 1. The van der Waals surface area contributed by atoms with Crippen molar-refractivity contribution in [3.63, 3.8) is 0 Å². The van der Waals surface area contributed by atoms with E-state index in [1.165, 1.54) is 18.4 Å². The predicted molar refractivity (Wildman–Crippen MR) is 90.4 cm³/mol. The zero-order valence-corrected chi connectivity index (χ0v) is 12.9. The van der Waals surface area contributed by atoms with Crippen LogP contribution in [0.1, 0.15) is 32.3 Å². The van der Waals surface area contributed by atoms with Crippen LogP contribution in [0.5, 0.6) is 5.75 Å². The summed E-state index contributed by atoms with van der Waals surface area (Å²) >= 11 is 0. The van der Waals surface area contributed by atoms with Crippen molar-refractivity contribution < 1.29 is 4.74 Å². The summed E-state index contributed by atoms with van der Waals surface area (Å²) in [6.07, 6.45) is 3.59. The number of nitrogens with one attached hydrogen (secondary N) is 1. The molecule has 0 aliphatic heterocycles. The molecule has 0 fully saturated rings. The number of anilines is 3. The molecule has 0 bridgehead atoms. The van der Waals surface area contributed by atoms with E-state index < -0.39 is 0 Å². The maximum absolute atomic E-state index is 6.13. The monoisotopic (exact) mass is 284 g/mol. The van der Waals surface area contributed by atoms with Gasteiger partial charge in [-0.15, -0.1) is 0 Å². The minimum absolute atomic E-state index is 0.611. The number of nitrogens with two attached hydrogens (primary N) is 1. The van der Waals surface area contributed by atoms with Crippen LogP contribution in [-0.4, -0.2) is 6.61 Å². The van der Waals surface area contributed by atoms with E-state index >= 15 is 0 Å². The molecule has 3 heteroatoms. The number of benzene rings is 2. The van der Waals surface area contributed by atoms with Crippen molar-refractivity contribution in [2.24, 2.45) is 0 Å². The fourth-order valence-electron chi connectivity index (χ4n) is 2.23. The second-order valence-electron chi connectivity index (χ2n) is 5.08. The largest absolute Gasteiger partial charge is 0.492 e. The van der Waals surface area contributed by atoms with Gasteiger partial charge in [0.15, 0.2) is 0 Å². The van der Waals surface area contributed by atoms with Gasteiger partial charge in [0.25, 0.3) is 0 Å². The van der Waals surface area contributed by atoms with Gasteiger partial charge in [-0.2, -0.15) is 0 Å². The van der Waals surface area contributed by atoms with Crippen molar-refractivity contribution >= 4 is 17.1 Å². The van der Waals surface area contributed by atoms with E-state index in [0.29, 0.717) is 12.3 Å². The predicted octanol–water partition coefficient (Wildman–Crippen LogP) is 4.75. The molecule has 0 saturated carbocycles. The SMILES string of the molecule is CCCCc1ccc(Nc2cccc(OCC)c2N)cc1. The lowest BCUT2D eigenvalue weighted by molar-refractivity contribution is 0.342. The number of nitrogen functional groups attached to an aromatic ring is 1. The maximum Gasteiger partial charge on any atom is 0.144 e. The van der Waals surface area contributed by atoms with Crippen LogP contribution in [-0.2, 0) is 6.42 Å². The third kappa shape index (κ3) is 4.15. The van der Waals surface area contributed by atoms with Gasteiger partial charge in [0, 0.05) is 5.69 Å². The second kappa shape index (κ2) is 7.58. The van der Waals surface area contributed by atoms with E-state index in [9.17, 15) is 0 Å². The number of hydrogen-bond acceptors (Lipinski definition) is 3. The van der Waals surface area contributed by atoms with Gasteiger partial charge in [-0.3, -0.25) is 0 Å². The summed E-state index contributed by atoms with van der Waals surface area (Å²) in [4.78, 5) is 0. The Morgan fingerprint density at radius 3 is 2.48 bits per heavy atom. The molecule has 0 unspecified atom stereocenters. The zero-order chi connectivity index (χ0) is 15.1. The van der Waals surface area contributed by atoms with Crippen LogP contribution in [0.3, 0.4) is 0 Å². The molecular formula is C18H24N2O. The second-order valence-corrected chi connectivity index (χ2v) is 5.08. The van der Waals surface area contributed by atoms with Crippen molar-refractivity contribution in [2.45, 2.75) is 33.1 Å². The van der Waals surface area contributed by atoms with Crippen LogP contribution in [0.15, 0.2) is 42.5 Å². The van der Waals surface area contributed by atoms with E-state index in [1.54, 1.807) is 0 Å². The van der Waals surface area contributed by atoms with Gasteiger partial charge in [-0.05, 0) is 49.6 Å². The molecule has 0 aromatic heterocycles. The van der Waals surface area contributed by atoms with Crippen LogP contribution >= 0.6 is 0 Å². The van der Waals surface area contributed by atoms with Crippen LogP contribution in [0, 0.1) is 0 Å². The van der Waals surface area contributed by atoms with Gasteiger partial charge < -0.3 is 15.8 Å². The first-order valence-electron chi connectivity index (χ1n) is 7.61. The molecule has 21 heavy (non-hydrogen) atoms. The Kier molecular flexibility index (Phi) is 5.50. The number of hydrogen-bond donors (Lipinski definition) is 2. The van der Waals surface area contributed by atoms with Crippen LogP contribution in [0.25, 0.3) is 0 Å². The molecule has 0 saturated heterocycles. The average molecular weight is 284 g/mol. The Balaban J connectivity index is 2.09. The lowest BCUT2D eigenvalue weighted by Gasteiger charge is -2.13. The molecule has 0 amide bonds. The normalized spacial score (nSPS) is 10.4. The average Bonchev–Trinajstić information content (AvgIpc) is 2.51. The van der Waals surface area contributed by atoms with Gasteiger partial charge >= 0.3 is 0 Å². The first-order valence-corrected chi connectivity index (χ1v) is 7.61. The van der Waals surface area contributed by atoms with Crippen molar-refractivity contribution in [1.82, 2.24) is 0 Å². The lowest BCUT2D eigenvalue weighted by atomic mass is 10.1. The van der Waals surface area contributed by atoms with Crippen LogP contribution in [0.2, 0.25) is 0 Å². The number of rotatable bonds is 7. The Bertz CT molecular complexity index is 564. The molecule has 0 spiro atoms. The minimum atomic E-state index is 0.611. The Hall–Kier alpha value is -2.16. The van der Waals surface area contributed by atoms with Crippen LogP contribution < -0.4 is 15.8 Å². The van der Waals surface area contributed by atoms with Gasteiger partial charge in [-0.1, -0.05) is 31.5 Å². The molecule has 3 nitrogen and oxygen atoms in total. The fourth-order valence-corrected chi connectivity index (χ4v) is 2.23. The lowest BCUT2D eigenvalue weighted by Crippen LogP contribution is -2.01. The van der Waals surface area contributed by atoms with Gasteiger partial charge in [0.2, 0.25) is 0 Å². The molecule has 3 N–H and O–H groups in total. The first kappa shape index (κ1) is 15.2. The summed E-state index contributed by atoms with van der Waals surface area (Å²) in [5, 5.41) is 3.35. The zero-order valence-electron chi connectivity index (χ0n) is 12.9. The highest BCUT2D eigenvalue weighted by molar-refractivity contribution is 5.77. The van der Waals surface area contributed by atoms with Crippen molar-refractivity contribution in [3.05, 3.63) is 48.0 Å². The van der Waals surface area contributed by atoms with Gasteiger partial charge in [-0.25, -0.2) is 0 Å². The van der Waals surface area contributed by atoms with Crippen molar-refractivity contribution in [2.75, 3.05) is 17.7 Å². The van der Waals surface area contributed by atoms with E-state index in [-0.39, 0.29) is 0 Å². The number of para-hydroxylation sites is 1. The minimum Gasteiger partial charge on any atom is -0.492 e. The van der Waals surface area contributed by atoms with Gasteiger partial charge in [0.1, 0.15) is 5.75 Å². The molecule has 2 rings (SSSR count). The van der Waals surface area contributed by atoms with Crippen LogP contribution in [0.4, 0.5) is 17.1 Å². The summed E-state index contributed by atoms with van der Waals surface area (Å²) in [6.45, 7) is 4.78. The summed E-state index contributed by atoms with van der Waals surface area (Å²) in [5.74, 6) is 0.724. The third-order valence-electron chi connectivity index (χ3n) is 3.42. The highest BCUT2D eigenvalue weighted by Gasteiger charge is 2.05. The number of aryl methyl sites for hydroxylation is 1. The summed E-state index contributed by atoms with van der Waals surface area (Å²) < 4.78 is 5.51. The molecule has 112 valence electrons. The van der Waals surface area contributed by atoms with Gasteiger partial charge in [0.05, 0.1) is 18.0 Å². The molecule has 0 aliphatic carbocycles. The van der Waals surface area contributed by atoms with E-state index in [2.05, 4.69) is 36.5 Å². The summed E-state index contributed by atoms with van der Waals surface area (Å²) in [6, 6.07) is 14.3. The third-order valence-corrected chi connectivity index (χ3v) is 3.42. The Morgan fingerprint density at radius 1 is 1.05 bits per heavy atom. The van der Waals surface area contributed by atoms with Crippen molar-refractivity contribution in [1.29, 1.82) is 0 Å². The fraction of sp³-hybridized carbons (Fsp3) is 0.333. The van der Waals surface area contributed by atoms with Crippen molar-refractivity contribution in [3.8, 4) is 5.75 Å². The van der Waals surface area contributed by atoms with E-state index in [4.69, 9.17) is 10.5 Å². The molecule has 0 heterocycles. The highest BCUT2D eigenvalue weighted by atomic mass is 16.5. The molecule has 0 atom stereocenters. The topological polar surface area (TPSA) is 47.3 Å².